The van der Waals surface area contributed by atoms with Gasteiger partial charge in [-0.25, -0.2) is 9.98 Å². The lowest BCUT2D eigenvalue weighted by molar-refractivity contribution is 0.0965. The Bertz CT molecular complexity index is 477. The molecule has 88 valence electrons. The Morgan fingerprint density at radius 2 is 2.29 bits per heavy atom. The Kier molecular flexibility index (Phi) is 4.60. The van der Waals surface area contributed by atoms with Crippen molar-refractivity contribution < 1.29 is 4.79 Å². The molecule has 4 nitrogen and oxygen atoms in total. The zero-order valence-electron chi connectivity index (χ0n) is 9.40. The third-order valence-corrected chi connectivity index (χ3v) is 2.28. The largest absolute Gasteiger partial charge is 0.306 e. The summed E-state index contributed by atoms with van der Waals surface area (Å²) in [6.45, 7) is 8.75. The molecule has 0 bridgehead atoms. The van der Waals surface area contributed by atoms with Gasteiger partial charge in [-0.15, -0.1) is 0 Å². The fraction of sp³-hybridized carbons (Fsp3) is 0.0833. The van der Waals surface area contributed by atoms with Crippen LogP contribution in [0.3, 0.4) is 0 Å². The van der Waals surface area contributed by atoms with E-state index in [4.69, 9.17) is 11.6 Å². The van der Waals surface area contributed by atoms with Crippen molar-refractivity contribution in [3.05, 3.63) is 53.1 Å². The zero-order chi connectivity index (χ0) is 12.8. The molecule has 17 heavy (non-hydrogen) atoms. The summed E-state index contributed by atoms with van der Waals surface area (Å²) in [7, 11) is 0. The van der Waals surface area contributed by atoms with Crippen LogP contribution in [0.25, 0.3) is 0 Å². The van der Waals surface area contributed by atoms with Gasteiger partial charge < -0.3 is 5.32 Å². The number of pyridine rings is 1. The molecule has 0 aliphatic carbocycles. The van der Waals surface area contributed by atoms with Gasteiger partial charge in [0.15, 0.2) is 0 Å². The molecule has 0 saturated carbocycles. The normalized spacial score (nSPS) is 11.4. The lowest BCUT2D eigenvalue weighted by Gasteiger charge is -2.06. The highest BCUT2D eigenvalue weighted by Crippen LogP contribution is 2.07. The first-order chi connectivity index (χ1) is 8.08. The highest BCUT2D eigenvalue weighted by atomic mass is 35.5. The second kappa shape index (κ2) is 5.96. The second-order valence-electron chi connectivity index (χ2n) is 3.22. The van der Waals surface area contributed by atoms with Crippen molar-refractivity contribution in [3.63, 3.8) is 0 Å². The lowest BCUT2D eigenvalue weighted by Crippen LogP contribution is -2.22. The summed E-state index contributed by atoms with van der Waals surface area (Å²) in [6, 6.07) is 3.12. The van der Waals surface area contributed by atoms with E-state index >= 15 is 0 Å². The number of rotatable bonds is 4. The number of aliphatic imine (C=N–C) groups is 1. The molecule has 1 aromatic heterocycles. The molecule has 0 aliphatic heterocycles. The Hall–Kier alpha value is -1.94. The van der Waals surface area contributed by atoms with Gasteiger partial charge in [0, 0.05) is 6.20 Å². The van der Waals surface area contributed by atoms with Crippen LogP contribution >= 0.6 is 11.6 Å². The van der Waals surface area contributed by atoms with Crippen LogP contribution in [0.15, 0.2) is 47.4 Å². The van der Waals surface area contributed by atoms with Crippen LogP contribution in [-0.4, -0.2) is 17.6 Å². The van der Waals surface area contributed by atoms with Crippen LogP contribution in [0.1, 0.15) is 17.3 Å². The van der Waals surface area contributed by atoms with E-state index in [1.165, 1.54) is 6.20 Å². The number of allylic oxidation sites excluding steroid dienone is 2. The summed E-state index contributed by atoms with van der Waals surface area (Å²) < 4.78 is 0. The van der Waals surface area contributed by atoms with Crippen LogP contribution in [0.2, 0.25) is 5.15 Å². The summed E-state index contributed by atoms with van der Waals surface area (Å²) in [5, 5.41) is 2.94. The van der Waals surface area contributed by atoms with E-state index in [9.17, 15) is 4.79 Å². The number of amides is 1. The molecule has 0 unspecified atom stereocenters. The van der Waals surface area contributed by atoms with Crippen molar-refractivity contribution in [1.82, 2.24) is 10.3 Å². The van der Waals surface area contributed by atoms with Crippen molar-refractivity contribution in [1.29, 1.82) is 0 Å². The van der Waals surface area contributed by atoms with Gasteiger partial charge in [-0.2, -0.15) is 0 Å². The monoisotopic (exact) mass is 249 g/mol. The van der Waals surface area contributed by atoms with Crippen molar-refractivity contribution in [2.75, 3.05) is 0 Å². The quantitative estimate of drug-likeness (QED) is 0.507. The summed E-state index contributed by atoms with van der Waals surface area (Å²) in [6.07, 6.45) is 2.98. The lowest BCUT2D eigenvalue weighted by atomic mass is 10.2. The fourth-order valence-electron chi connectivity index (χ4n) is 1.05. The molecule has 0 aromatic carbocycles. The smallest absolute Gasteiger partial charge is 0.258 e. The fourth-order valence-corrected chi connectivity index (χ4v) is 1.16. The molecule has 1 amide bonds. The Morgan fingerprint density at radius 3 is 2.76 bits per heavy atom. The van der Waals surface area contributed by atoms with Crippen LogP contribution in [0.4, 0.5) is 0 Å². The summed E-state index contributed by atoms with van der Waals surface area (Å²) >= 11 is 5.63. The molecule has 0 fully saturated rings. The molecule has 0 saturated heterocycles. The number of hydrogen-bond acceptors (Lipinski definition) is 3. The summed E-state index contributed by atoms with van der Waals surface area (Å²) in [5.41, 5.74) is 1.13. The van der Waals surface area contributed by atoms with Crippen molar-refractivity contribution in [2.45, 2.75) is 6.92 Å². The molecule has 1 N–H and O–H groups in total. The van der Waals surface area contributed by atoms with Gasteiger partial charge in [-0.05, 0) is 31.3 Å². The van der Waals surface area contributed by atoms with E-state index < -0.39 is 0 Å². The standard InChI is InChI=1S/C12H12ClN3O/c1-4-8(2)11(14-3)16-12(17)9-5-6-10(13)15-7-9/h4-7H,1,3H2,2H3,(H,16,17)/b11-8+. The molecule has 0 spiro atoms. The topological polar surface area (TPSA) is 54.4 Å². The third-order valence-electron chi connectivity index (χ3n) is 2.06. The van der Waals surface area contributed by atoms with Crippen molar-refractivity contribution >= 4 is 24.2 Å². The number of halogens is 1. The van der Waals surface area contributed by atoms with Crippen LogP contribution in [-0.2, 0) is 0 Å². The summed E-state index contributed by atoms with van der Waals surface area (Å²) in [5.74, 6) is 0.0534. The van der Waals surface area contributed by atoms with Gasteiger partial charge in [0.2, 0.25) is 0 Å². The second-order valence-corrected chi connectivity index (χ2v) is 3.60. The average Bonchev–Trinajstić information content (AvgIpc) is 2.35. The maximum atomic E-state index is 11.8. The SMILES string of the molecule is C=C/C(C)=C(\N=C)NC(=O)c1ccc(Cl)nc1. The average molecular weight is 250 g/mol. The van der Waals surface area contributed by atoms with E-state index in [2.05, 4.69) is 28.6 Å². The minimum Gasteiger partial charge on any atom is -0.306 e. The van der Waals surface area contributed by atoms with Crippen LogP contribution < -0.4 is 5.32 Å². The predicted molar refractivity (Wildman–Crippen MR) is 69.2 cm³/mol. The Balaban J connectivity index is 2.89. The molecule has 5 heteroatoms. The molecule has 1 rings (SSSR count). The zero-order valence-corrected chi connectivity index (χ0v) is 10.2. The molecule has 1 aromatic rings. The third kappa shape index (κ3) is 3.53. The van der Waals surface area contributed by atoms with E-state index in [0.717, 1.165) is 5.57 Å². The molecule has 0 atom stereocenters. The molecule has 0 radical (unpaired) electrons. The van der Waals surface area contributed by atoms with Gasteiger partial charge in [-0.1, -0.05) is 24.3 Å². The minimum absolute atomic E-state index is 0.322. The number of aromatic nitrogens is 1. The number of carbonyl (C=O) groups is 1. The number of hydrogen-bond donors (Lipinski definition) is 1. The molecular weight excluding hydrogens is 238 g/mol. The van der Waals surface area contributed by atoms with E-state index in [1.54, 1.807) is 25.1 Å². The van der Waals surface area contributed by atoms with E-state index in [-0.39, 0.29) is 5.91 Å². The van der Waals surface area contributed by atoms with Gasteiger partial charge in [0.1, 0.15) is 11.0 Å². The first-order valence-corrected chi connectivity index (χ1v) is 5.19. The Morgan fingerprint density at radius 1 is 1.59 bits per heavy atom. The predicted octanol–water partition coefficient (Wildman–Crippen LogP) is 2.58. The minimum atomic E-state index is -0.322. The van der Waals surface area contributed by atoms with Crippen LogP contribution in [0, 0.1) is 0 Å². The number of nitrogens with one attached hydrogen (secondary N) is 1. The van der Waals surface area contributed by atoms with Gasteiger partial charge in [0.25, 0.3) is 5.91 Å². The maximum Gasteiger partial charge on any atom is 0.258 e. The highest BCUT2D eigenvalue weighted by Gasteiger charge is 2.08. The van der Waals surface area contributed by atoms with E-state index in [1.807, 2.05) is 0 Å². The molecular formula is C12H12ClN3O. The van der Waals surface area contributed by atoms with Gasteiger partial charge in [-0.3, -0.25) is 4.79 Å². The van der Waals surface area contributed by atoms with Gasteiger partial charge in [0.05, 0.1) is 5.56 Å². The Labute approximate surface area is 105 Å². The highest BCUT2D eigenvalue weighted by molar-refractivity contribution is 6.29. The number of carbonyl (C=O) groups excluding carboxylic acids is 1. The van der Waals surface area contributed by atoms with E-state index in [0.29, 0.717) is 16.5 Å². The van der Waals surface area contributed by atoms with Crippen molar-refractivity contribution in [3.8, 4) is 0 Å². The maximum absolute atomic E-state index is 11.8. The number of nitrogens with zero attached hydrogens (tertiary/aromatic N) is 2. The first kappa shape index (κ1) is 13.1. The summed E-state index contributed by atoms with van der Waals surface area (Å²) in [4.78, 5) is 19.3. The molecule has 1 heterocycles. The van der Waals surface area contributed by atoms with Crippen molar-refractivity contribution in [2.24, 2.45) is 4.99 Å². The molecule has 0 aliphatic rings. The van der Waals surface area contributed by atoms with Gasteiger partial charge >= 0.3 is 0 Å². The first-order valence-electron chi connectivity index (χ1n) is 4.81. The van der Waals surface area contributed by atoms with Crippen LogP contribution in [0.5, 0.6) is 0 Å².